The van der Waals surface area contributed by atoms with E-state index in [9.17, 15) is 4.79 Å². The van der Waals surface area contributed by atoms with Crippen molar-refractivity contribution < 1.29 is 4.79 Å². The van der Waals surface area contributed by atoms with Crippen molar-refractivity contribution in [2.45, 2.75) is 13.5 Å². The molecule has 0 spiro atoms. The Bertz CT molecular complexity index is 517. The molecule has 6 nitrogen and oxygen atoms in total. The zero-order chi connectivity index (χ0) is 12.3. The van der Waals surface area contributed by atoms with Crippen molar-refractivity contribution in [3.8, 4) is 11.4 Å². The van der Waals surface area contributed by atoms with Crippen LogP contribution >= 0.6 is 0 Å². The molecule has 2 rings (SSSR count). The van der Waals surface area contributed by atoms with E-state index in [0.29, 0.717) is 5.82 Å². The van der Waals surface area contributed by atoms with E-state index < -0.39 is 0 Å². The first kappa shape index (κ1) is 11.3. The van der Waals surface area contributed by atoms with Crippen molar-refractivity contribution in [3.05, 3.63) is 29.8 Å². The van der Waals surface area contributed by atoms with Gasteiger partial charge in [0.2, 0.25) is 11.7 Å². The van der Waals surface area contributed by atoms with Crippen LogP contribution in [0.3, 0.4) is 0 Å². The monoisotopic (exact) mass is 231 g/mol. The number of nitrogens with one attached hydrogen (secondary N) is 1. The molecule has 0 aliphatic rings. The van der Waals surface area contributed by atoms with Gasteiger partial charge in [-0.2, -0.15) is 4.80 Å². The Morgan fingerprint density at radius 2 is 2.06 bits per heavy atom. The highest BCUT2D eigenvalue weighted by atomic mass is 16.2. The Balaban J connectivity index is 2.18. The Morgan fingerprint density at radius 1 is 1.35 bits per heavy atom. The summed E-state index contributed by atoms with van der Waals surface area (Å²) in [6.07, 6.45) is 0. The van der Waals surface area contributed by atoms with Gasteiger partial charge in [-0.15, -0.1) is 10.2 Å². The molecule has 88 valence electrons. The van der Waals surface area contributed by atoms with Crippen LogP contribution in [-0.4, -0.2) is 33.2 Å². The standard InChI is InChI=1S/C11H13N5O/c1-8-3-5-9(6-4-8)11-13-15-16(14-11)7-10(17)12-2/h3-6H,7H2,1-2H3,(H,12,17). The maximum atomic E-state index is 11.1. The van der Waals surface area contributed by atoms with E-state index in [1.165, 1.54) is 10.4 Å². The summed E-state index contributed by atoms with van der Waals surface area (Å²) in [5, 5.41) is 14.4. The van der Waals surface area contributed by atoms with Crippen LogP contribution < -0.4 is 5.32 Å². The Morgan fingerprint density at radius 3 is 2.71 bits per heavy atom. The van der Waals surface area contributed by atoms with Crippen LogP contribution in [0.4, 0.5) is 0 Å². The first-order chi connectivity index (χ1) is 8.19. The highest BCUT2D eigenvalue weighted by Gasteiger charge is 2.07. The highest BCUT2D eigenvalue weighted by molar-refractivity contribution is 5.75. The third-order valence-corrected chi connectivity index (χ3v) is 2.33. The molecule has 0 aliphatic heterocycles. The van der Waals surface area contributed by atoms with Gasteiger partial charge in [-0.1, -0.05) is 29.8 Å². The summed E-state index contributed by atoms with van der Waals surface area (Å²) in [7, 11) is 1.57. The normalized spacial score (nSPS) is 10.2. The molecular formula is C11H13N5O. The summed E-state index contributed by atoms with van der Waals surface area (Å²) >= 11 is 0. The van der Waals surface area contributed by atoms with Gasteiger partial charge in [0.15, 0.2) is 0 Å². The first-order valence-corrected chi connectivity index (χ1v) is 5.24. The van der Waals surface area contributed by atoms with Gasteiger partial charge in [-0.3, -0.25) is 4.79 Å². The maximum Gasteiger partial charge on any atom is 0.243 e. The van der Waals surface area contributed by atoms with E-state index in [1.807, 2.05) is 31.2 Å². The molecule has 0 saturated heterocycles. The Labute approximate surface area is 98.6 Å². The molecule has 0 bridgehead atoms. The second kappa shape index (κ2) is 4.73. The summed E-state index contributed by atoms with van der Waals surface area (Å²) in [4.78, 5) is 12.4. The largest absolute Gasteiger partial charge is 0.358 e. The molecule has 1 aromatic carbocycles. The van der Waals surface area contributed by atoms with Crippen LogP contribution in [0, 0.1) is 6.92 Å². The quantitative estimate of drug-likeness (QED) is 0.829. The topological polar surface area (TPSA) is 72.7 Å². The fourth-order valence-electron chi connectivity index (χ4n) is 1.34. The number of carbonyl (C=O) groups excluding carboxylic acids is 1. The lowest BCUT2D eigenvalue weighted by atomic mass is 10.1. The number of hydrogen-bond acceptors (Lipinski definition) is 4. The highest BCUT2D eigenvalue weighted by Crippen LogP contribution is 2.13. The number of benzene rings is 1. The molecule has 1 aromatic heterocycles. The van der Waals surface area contributed by atoms with Crippen molar-refractivity contribution in [2.75, 3.05) is 7.05 Å². The lowest BCUT2D eigenvalue weighted by molar-refractivity contribution is -0.121. The van der Waals surface area contributed by atoms with Crippen LogP contribution in [0.1, 0.15) is 5.56 Å². The first-order valence-electron chi connectivity index (χ1n) is 5.24. The molecule has 0 saturated carbocycles. The summed E-state index contributed by atoms with van der Waals surface area (Å²) < 4.78 is 0. The molecule has 1 N–H and O–H groups in total. The lowest BCUT2D eigenvalue weighted by Gasteiger charge is -1.97. The average Bonchev–Trinajstić information content (AvgIpc) is 2.78. The zero-order valence-corrected chi connectivity index (χ0v) is 9.71. The van der Waals surface area contributed by atoms with Gasteiger partial charge in [0.05, 0.1) is 0 Å². The van der Waals surface area contributed by atoms with Crippen molar-refractivity contribution in [3.63, 3.8) is 0 Å². The summed E-state index contributed by atoms with van der Waals surface area (Å²) in [6.45, 7) is 2.09. The van der Waals surface area contributed by atoms with Crippen molar-refractivity contribution in [2.24, 2.45) is 0 Å². The number of amides is 1. The maximum absolute atomic E-state index is 11.1. The molecule has 1 heterocycles. The number of aromatic nitrogens is 4. The number of aryl methyl sites for hydroxylation is 1. The van der Waals surface area contributed by atoms with Crippen molar-refractivity contribution in [1.82, 2.24) is 25.5 Å². The molecule has 0 aliphatic carbocycles. The van der Waals surface area contributed by atoms with Crippen LogP contribution in [0.25, 0.3) is 11.4 Å². The van der Waals surface area contributed by atoms with Crippen molar-refractivity contribution >= 4 is 5.91 Å². The second-order valence-corrected chi connectivity index (χ2v) is 3.68. The molecular weight excluding hydrogens is 218 g/mol. The third kappa shape index (κ3) is 2.66. The van der Waals surface area contributed by atoms with E-state index in [4.69, 9.17) is 0 Å². The molecule has 0 radical (unpaired) electrons. The number of tetrazole rings is 1. The van der Waals surface area contributed by atoms with E-state index in [1.54, 1.807) is 7.05 Å². The average molecular weight is 231 g/mol. The second-order valence-electron chi connectivity index (χ2n) is 3.68. The third-order valence-electron chi connectivity index (χ3n) is 2.33. The van der Waals surface area contributed by atoms with E-state index in [-0.39, 0.29) is 12.5 Å². The van der Waals surface area contributed by atoms with Crippen LogP contribution in [0.15, 0.2) is 24.3 Å². The minimum atomic E-state index is -0.155. The van der Waals surface area contributed by atoms with Gasteiger partial charge < -0.3 is 5.32 Å². The number of likely N-dealkylation sites (N-methyl/N-ethyl adjacent to an activating group) is 1. The molecule has 0 unspecified atom stereocenters. The van der Waals surface area contributed by atoms with Crippen LogP contribution in [-0.2, 0) is 11.3 Å². The zero-order valence-electron chi connectivity index (χ0n) is 9.71. The molecule has 0 fully saturated rings. The van der Waals surface area contributed by atoms with E-state index in [2.05, 4.69) is 20.7 Å². The number of hydrogen-bond donors (Lipinski definition) is 1. The molecule has 2 aromatic rings. The van der Waals surface area contributed by atoms with Crippen LogP contribution in [0.2, 0.25) is 0 Å². The summed E-state index contributed by atoms with van der Waals surface area (Å²) in [6, 6.07) is 7.82. The van der Waals surface area contributed by atoms with Gasteiger partial charge in [0.25, 0.3) is 0 Å². The Kier molecular flexibility index (Phi) is 3.13. The predicted octanol–water partition coefficient (Wildman–Crippen LogP) is 0.395. The smallest absolute Gasteiger partial charge is 0.243 e. The van der Waals surface area contributed by atoms with Gasteiger partial charge >= 0.3 is 0 Å². The SMILES string of the molecule is CNC(=O)Cn1nnc(-c2ccc(C)cc2)n1. The molecule has 0 atom stereocenters. The molecule has 6 heteroatoms. The van der Waals surface area contributed by atoms with Gasteiger partial charge in [-0.05, 0) is 12.1 Å². The fourth-order valence-corrected chi connectivity index (χ4v) is 1.34. The van der Waals surface area contributed by atoms with E-state index in [0.717, 1.165) is 5.56 Å². The fraction of sp³-hybridized carbons (Fsp3) is 0.273. The molecule has 17 heavy (non-hydrogen) atoms. The van der Waals surface area contributed by atoms with Crippen molar-refractivity contribution in [1.29, 1.82) is 0 Å². The number of carbonyl (C=O) groups is 1. The lowest BCUT2D eigenvalue weighted by Crippen LogP contribution is -2.24. The minimum absolute atomic E-state index is 0.0787. The molecule has 1 amide bonds. The van der Waals surface area contributed by atoms with Gasteiger partial charge in [0, 0.05) is 12.6 Å². The Hall–Kier alpha value is -2.24. The van der Waals surface area contributed by atoms with E-state index >= 15 is 0 Å². The minimum Gasteiger partial charge on any atom is -0.358 e. The summed E-state index contributed by atoms with van der Waals surface area (Å²) in [5.41, 5.74) is 2.06. The number of rotatable bonds is 3. The van der Waals surface area contributed by atoms with Gasteiger partial charge in [-0.25, -0.2) is 0 Å². The van der Waals surface area contributed by atoms with Gasteiger partial charge in [0.1, 0.15) is 6.54 Å². The summed E-state index contributed by atoms with van der Waals surface area (Å²) in [5.74, 6) is 0.367. The predicted molar refractivity (Wildman–Crippen MR) is 62.1 cm³/mol. The number of nitrogens with zero attached hydrogens (tertiary/aromatic N) is 4. The van der Waals surface area contributed by atoms with Crippen LogP contribution in [0.5, 0.6) is 0 Å².